The number of rotatable bonds is 1. The van der Waals surface area contributed by atoms with Crippen molar-refractivity contribution in [3.05, 3.63) is 0 Å². The Morgan fingerprint density at radius 2 is 1.58 bits per heavy atom. The highest BCUT2D eigenvalue weighted by molar-refractivity contribution is 4.87. The molecule has 0 aromatic rings. The molecule has 0 radical (unpaired) electrons. The fourth-order valence-corrected chi connectivity index (χ4v) is 2.42. The highest BCUT2D eigenvalue weighted by Crippen LogP contribution is 2.37. The maximum atomic E-state index is 9.10. The maximum Gasteiger partial charge on any atom is 0.0637 e. The summed E-state index contributed by atoms with van der Waals surface area (Å²) in [4.78, 5) is 0. The van der Waals surface area contributed by atoms with E-state index >= 15 is 0 Å². The Balaban J connectivity index is 2.66. The molecule has 0 atom stereocenters. The van der Waals surface area contributed by atoms with Gasteiger partial charge in [0.15, 0.2) is 0 Å². The topological polar surface area (TPSA) is 29.5 Å². The molecule has 0 amide bonds. The van der Waals surface area contributed by atoms with Crippen LogP contribution in [-0.4, -0.2) is 22.9 Å². The van der Waals surface area contributed by atoms with Crippen molar-refractivity contribution in [3.8, 4) is 0 Å². The van der Waals surface area contributed by atoms with E-state index < -0.39 is 0 Å². The zero-order valence-corrected chi connectivity index (χ0v) is 8.55. The summed E-state index contributed by atoms with van der Waals surface area (Å²) in [6.45, 7) is 8.66. The first-order chi connectivity index (χ1) is 5.35. The zero-order valence-electron chi connectivity index (χ0n) is 8.55. The molecule has 2 nitrogen and oxygen atoms in total. The SMILES string of the molecule is CC1(C)CC(CO)CC(C)(C)O1. The minimum Gasteiger partial charge on any atom is -0.396 e. The molecule has 1 fully saturated rings. The summed E-state index contributed by atoms with van der Waals surface area (Å²) in [6, 6.07) is 0. The molecule has 0 unspecified atom stereocenters. The van der Waals surface area contributed by atoms with Gasteiger partial charge in [0.25, 0.3) is 0 Å². The van der Waals surface area contributed by atoms with E-state index in [1.54, 1.807) is 0 Å². The smallest absolute Gasteiger partial charge is 0.0637 e. The Morgan fingerprint density at radius 3 is 1.92 bits per heavy atom. The van der Waals surface area contributed by atoms with E-state index in [1.165, 1.54) is 0 Å². The second kappa shape index (κ2) is 3.00. The lowest BCUT2D eigenvalue weighted by Crippen LogP contribution is -2.46. The van der Waals surface area contributed by atoms with E-state index in [2.05, 4.69) is 27.7 Å². The van der Waals surface area contributed by atoms with E-state index in [0.717, 1.165) is 12.8 Å². The van der Waals surface area contributed by atoms with Gasteiger partial charge in [-0.3, -0.25) is 0 Å². The lowest BCUT2D eigenvalue weighted by atomic mass is 9.81. The number of hydrogen-bond acceptors (Lipinski definition) is 2. The molecule has 0 bridgehead atoms. The molecule has 1 aliphatic rings. The van der Waals surface area contributed by atoms with Crippen molar-refractivity contribution in [2.24, 2.45) is 5.92 Å². The van der Waals surface area contributed by atoms with E-state index in [-0.39, 0.29) is 17.8 Å². The number of hydrogen-bond donors (Lipinski definition) is 1. The lowest BCUT2D eigenvalue weighted by Gasteiger charge is -2.44. The minimum absolute atomic E-state index is 0.0743. The van der Waals surface area contributed by atoms with Crippen molar-refractivity contribution in [2.45, 2.75) is 51.7 Å². The van der Waals surface area contributed by atoms with Gasteiger partial charge in [-0.1, -0.05) is 0 Å². The number of aliphatic hydroxyl groups excluding tert-OH is 1. The van der Waals surface area contributed by atoms with Crippen molar-refractivity contribution in [2.75, 3.05) is 6.61 Å². The van der Waals surface area contributed by atoms with Gasteiger partial charge in [0.05, 0.1) is 11.2 Å². The van der Waals surface area contributed by atoms with Crippen LogP contribution in [0.4, 0.5) is 0 Å². The number of ether oxygens (including phenoxy) is 1. The summed E-state index contributed by atoms with van der Waals surface area (Å²) in [7, 11) is 0. The third-order valence-corrected chi connectivity index (χ3v) is 2.37. The van der Waals surface area contributed by atoms with Gasteiger partial charge in [0.2, 0.25) is 0 Å². The second-order valence-electron chi connectivity index (χ2n) is 5.08. The van der Waals surface area contributed by atoms with E-state index in [0.29, 0.717) is 5.92 Å². The van der Waals surface area contributed by atoms with Crippen LogP contribution in [0.15, 0.2) is 0 Å². The van der Waals surface area contributed by atoms with Gasteiger partial charge in [-0.2, -0.15) is 0 Å². The van der Waals surface area contributed by atoms with Crippen LogP contribution in [0.5, 0.6) is 0 Å². The molecule has 0 aromatic heterocycles. The van der Waals surface area contributed by atoms with Crippen LogP contribution >= 0.6 is 0 Å². The average Bonchev–Trinajstić information content (AvgIpc) is 1.80. The predicted octanol–water partition coefficient (Wildman–Crippen LogP) is 1.96. The Kier molecular flexibility index (Phi) is 2.50. The summed E-state index contributed by atoms with van der Waals surface area (Å²) >= 11 is 0. The molecule has 1 saturated heterocycles. The third kappa shape index (κ3) is 2.46. The first-order valence-corrected chi connectivity index (χ1v) is 4.66. The molecule has 12 heavy (non-hydrogen) atoms. The van der Waals surface area contributed by atoms with Crippen LogP contribution in [0.1, 0.15) is 40.5 Å². The van der Waals surface area contributed by atoms with Gasteiger partial charge in [0, 0.05) is 6.61 Å². The van der Waals surface area contributed by atoms with Gasteiger partial charge < -0.3 is 9.84 Å². The predicted molar refractivity (Wildman–Crippen MR) is 49.1 cm³/mol. The van der Waals surface area contributed by atoms with E-state index in [4.69, 9.17) is 9.84 Å². The third-order valence-electron chi connectivity index (χ3n) is 2.37. The molecule has 1 heterocycles. The molecule has 1 rings (SSSR count). The summed E-state index contributed by atoms with van der Waals surface area (Å²) in [5, 5.41) is 9.10. The highest BCUT2D eigenvalue weighted by atomic mass is 16.5. The first kappa shape index (κ1) is 10.0. The second-order valence-corrected chi connectivity index (χ2v) is 5.08. The highest BCUT2D eigenvalue weighted by Gasteiger charge is 2.38. The minimum atomic E-state index is -0.0743. The average molecular weight is 172 g/mol. The molecule has 0 spiro atoms. The first-order valence-electron chi connectivity index (χ1n) is 4.66. The van der Waals surface area contributed by atoms with Crippen LogP contribution < -0.4 is 0 Å². The lowest BCUT2D eigenvalue weighted by molar-refractivity contribution is -0.176. The zero-order chi connectivity index (χ0) is 9.41. The van der Waals surface area contributed by atoms with Crippen LogP contribution in [0, 0.1) is 5.92 Å². The van der Waals surface area contributed by atoms with Gasteiger partial charge >= 0.3 is 0 Å². The summed E-state index contributed by atoms with van der Waals surface area (Å²) in [5.74, 6) is 0.406. The molecule has 0 saturated carbocycles. The summed E-state index contributed by atoms with van der Waals surface area (Å²) < 4.78 is 5.88. The quantitative estimate of drug-likeness (QED) is 0.655. The van der Waals surface area contributed by atoms with Crippen molar-refractivity contribution in [1.82, 2.24) is 0 Å². The van der Waals surface area contributed by atoms with E-state index in [9.17, 15) is 0 Å². The Bertz CT molecular complexity index is 145. The fraction of sp³-hybridized carbons (Fsp3) is 1.00. The number of aliphatic hydroxyl groups is 1. The van der Waals surface area contributed by atoms with Crippen LogP contribution in [-0.2, 0) is 4.74 Å². The maximum absolute atomic E-state index is 9.10. The molecule has 1 aliphatic heterocycles. The van der Waals surface area contributed by atoms with Gasteiger partial charge in [-0.05, 0) is 46.5 Å². The van der Waals surface area contributed by atoms with Crippen LogP contribution in [0.2, 0.25) is 0 Å². The Morgan fingerprint density at radius 1 is 1.17 bits per heavy atom. The van der Waals surface area contributed by atoms with Crippen LogP contribution in [0.25, 0.3) is 0 Å². The fourth-order valence-electron chi connectivity index (χ4n) is 2.42. The van der Waals surface area contributed by atoms with Crippen molar-refractivity contribution in [1.29, 1.82) is 0 Å². The Hall–Kier alpha value is -0.0800. The van der Waals surface area contributed by atoms with Crippen LogP contribution in [0.3, 0.4) is 0 Å². The standard InChI is InChI=1S/C10H20O2/c1-9(2)5-8(7-11)6-10(3,4)12-9/h8,11H,5-7H2,1-4H3. The summed E-state index contributed by atoms with van der Waals surface area (Å²) in [5.41, 5.74) is -0.149. The largest absolute Gasteiger partial charge is 0.396 e. The monoisotopic (exact) mass is 172 g/mol. The molecule has 1 N–H and O–H groups in total. The molecular weight excluding hydrogens is 152 g/mol. The summed E-state index contributed by atoms with van der Waals surface area (Å²) in [6.07, 6.45) is 1.93. The molecule has 72 valence electrons. The Labute approximate surface area is 74.9 Å². The van der Waals surface area contributed by atoms with E-state index in [1.807, 2.05) is 0 Å². The van der Waals surface area contributed by atoms with Crippen molar-refractivity contribution >= 4 is 0 Å². The van der Waals surface area contributed by atoms with Crippen molar-refractivity contribution in [3.63, 3.8) is 0 Å². The molecule has 0 aliphatic carbocycles. The van der Waals surface area contributed by atoms with Gasteiger partial charge in [0.1, 0.15) is 0 Å². The molecule has 2 heteroatoms. The molecule has 0 aromatic carbocycles. The normalized spacial score (nSPS) is 28.8. The van der Waals surface area contributed by atoms with Gasteiger partial charge in [-0.25, -0.2) is 0 Å². The van der Waals surface area contributed by atoms with Crippen molar-refractivity contribution < 1.29 is 9.84 Å². The molecular formula is C10H20O2. The van der Waals surface area contributed by atoms with Gasteiger partial charge in [-0.15, -0.1) is 0 Å².